The average Bonchev–Trinajstić information content (AvgIpc) is 3.49. The molecule has 0 radical (unpaired) electrons. The Kier molecular flexibility index (Phi) is 4.95. The number of hydrogen-bond donors (Lipinski definition) is 0. The van der Waals surface area contributed by atoms with Crippen LogP contribution < -0.4 is 0 Å². The third-order valence-electron chi connectivity index (χ3n) is 7.95. The van der Waals surface area contributed by atoms with Crippen molar-refractivity contribution in [2.24, 2.45) is 0 Å². The molecule has 9 heteroatoms. The highest BCUT2D eigenvalue weighted by atomic mass is 35.5. The van der Waals surface area contributed by atoms with Crippen LogP contribution in [0.5, 0.6) is 0 Å². The van der Waals surface area contributed by atoms with E-state index in [0.717, 1.165) is 42.6 Å². The molecule has 5 heterocycles. The summed E-state index contributed by atoms with van der Waals surface area (Å²) in [5.41, 5.74) is 4.10. The van der Waals surface area contributed by atoms with Gasteiger partial charge in [0.05, 0.1) is 35.3 Å². The van der Waals surface area contributed by atoms with Gasteiger partial charge in [0.2, 0.25) is 0 Å². The maximum Gasteiger partial charge on any atom is 0.182 e. The standard InChI is InChI=1S/C27H26ClFN6O/c1-14-15(2)32-26-24(31-14)23(21-6-3-18(28)10-22(21)29)33-25(34-26)16-9-20-7-8-27(11-16,36-20)17-12-30-35(13-17)19-4-5-19/h3,6,10,12-13,16,19-20H,4-5,7-9,11H2,1-2H3/t16-,20?,27-/m0/s1. The maximum atomic E-state index is 15.1. The summed E-state index contributed by atoms with van der Waals surface area (Å²) < 4.78 is 23.8. The second kappa shape index (κ2) is 8.02. The van der Waals surface area contributed by atoms with Gasteiger partial charge in [0.1, 0.15) is 22.9 Å². The fourth-order valence-corrected chi connectivity index (χ4v) is 5.92. The van der Waals surface area contributed by atoms with E-state index in [9.17, 15) is 0 Å². The van der Waals surface area contributed by atoms with Gasteiger partial charge in [0.25, 0.3) is 0 Å². The molecule has 3 fully saturated rings. The first kappa shape index (κ1) is 22.2. The Balaban J connectivity index is 1.34. The minimum atomic E-state index is -0.440. The molecule has 2 bridgehead atoms. The lowest BCUT2D eigenvalue weighted by Crippen LogP contribution is -2.34. The Bertz CT molecular complexity index is 1520. The quantitative estimate of drug-likeness (QED) is 0.340. The van der Waals surface area contributed by atoms with Crippen LogP contribution in [0.4, 0.5) is 4.39 Å². The first-order valence-corrected chi connectivity index (χ1v) is 13.0. The first-order valence-electron chi connectivity index (χ1n) is 12.6. The zero-order valence-electron chi connectivity index (χ0n) is 20.2. The van der Waals surface area contributed by atoms with Crippen molar-refractivity contribution in [2.75, 3.05) is 0 Å². The highest BCUT2D eigenvalue weighted by Crippen LogP contribution is 2.53. The van der Waals surface area contributed by atoms with Crippen LogP contribution in [0.3, 0.4) is 0 Å². The summed E-state index contributed by atoms with van der Waals surface area (Å²) >= 11 is 6.04. The SMILES string of the molecule is Cc1nc2nc([C@H]3CC4CC[C@@](c5cnn(C6CC6)c5)(C3)O4)nc(-c3ccc(Cl)cc3F)c2nc1C. The molecule has 1 aliphatic carbocycles. The Morgan fingerprint density at radius 3 is 2.72 bits per heavy atom. The van der Waals surface area contributed by atoms with Crippen LogP contribution >= 0.6 is 11.6 Å². The highest BCUT2D eigenvalue weighted by molar-refractivity contribution is 6.30. The molecule has 3 aliphatic rings. The number of nitrogens with zero attached hydrogens (tertiary/aromatic N) is 6. The molecule has 36 heavy (non-hydrogen) atoms. The van der Waals surface area contributed by atoms with E-state index >= 15 is 4.39 Å². The van der Waals surface area contributed by atoms with E-state index in [1.807, 2.05) is 20.0 Å². The van der Waals surface area contributed by atoms with Gasteiger partial charge in [-0.25, -0.2) is 24.3 Å². The molecular weight excluding hydrogens is 479 g/mol. The zero-order chi connectivity index (χ0) is 24.6. The number of fused-ring (bicyclic) bond motifs is 3. The molecule has 3 aromatic heterocycles. The molecule has 2 saturated heterocycles. The van der Waals surface area contributed by atoms with Gasteiger partial charge in [-0.15, -0.1) is 0 Å². The topological polar surface area (TPSA) is 78.6 Å². The molecule has 4 aromatic rings. The number of rotatable bonds is 4. The number of halogens is 2. The lowest BCUT2D eigenvalue weighted by atomic mass is 9.82. The van der Waals surface area contributed by atoms with Crippen molar-refractivity contribution in [1.29, 1.82) is 0 Å². The predicted molar refractivity (Wildman–Crippen MR) is 133 cm³/mol. The van der Waals surface area contributed by atoms with Gasteiger partial charge < -0.3 is 4.74 Å². The Labute approximate surface area is 213 Å². The van der Waals surface area contributed by atoms with Crippen LogP contribution in [0.2, 0.25) is 5.02 Å². The fourth-order valence-electron chi connectivity index (χ4n) is 5.77. The van der Waals surface area contributed by atoms with Crippen molar-refractivity contribution >= 4 is 22.8 Å². The molecule has 2 aliphatic heterocycles. The lowest BCUT2D eigenvalue weighted by Gasteiger charge is -2.37. The molecular formula is C27H26ClFN6O. The number of ether oxygens (including phenoxy) is 1. The third-order valence-corrected chi connectivity index (χ3v) is 8.18. The molecule has 7 nitrogen and oxygen atoms in total. The normalized spacial score (nSPS) is 25.6. The third kappa shape index (κ3) is 3.61. The van der Waals surface area contributed by atoms with Crippen molar-refractivity contribution < 1.29 is 9.13 Å². The van der Waals surface area contributed by atoms with Crippen molar-refractivity contribution in [3.8, 4) is 11.3 Å². The number of aryl methyl sites for hydroxylation is 2. The monoisotopic (exact) mass is 504 g/mol. The van der Waals surface area contributed by atoms with E-state index < -0.39 is 5.82 Å². The molecule has 3 atom stereocenters. The Hall–Kier alpha value is -2.97. The minimum Gasteiger partial charge on any atom is -0.367 e. The van der Waals surface area contributed by atoms with Gasteiger partial charge in [-0.2, -0.15) is 5.10 Å². The second-order valence-electron chi connectivity index (χ2n) is 10.5. The van der Waals surface area contributed by atoms with E-state index in [2.05, 4.69) is 16.0 Å². The second-order valence-corrected chi connectivity index (χ2v) is 10.9. The fraction of sp³-hybridized carbons (Fsp3) is 0.444. The molecule has 1 unspecified atom stereocenters. The summed E-state index contributed by atoms with van der Waals surface area (Å²) in [4.78, 5) is 19.3. The number of benzene rings is 1. The molecule has 0 spiro atoms. The van der Waals surface area contributed by atoms with E-state index in [1.165, 1.54) is 18.9 Å². The summed E-state index contributed by atoms with van der Waals surface area (Å²) in [6.07, 6.45) is 10.2. The first-order chi connectivity index (χ1) is 17.4. The average molecular weight is 505 g/mol. The molecule has 0 amide bonds. The van der Waals surface area contributed by atoms with Crippen LogP contribution in [0.15, 0.2) is 30.6 Å². The summed E-state index contributed by atoms with van der Waals surface area (Å²) in [6.45, 7) is 3.80. The number of hydrogen-bond acceptors (Lipinski definition) is 6. The molecule has 1 saturated carbocycles. The summed E-state index contributed by atoms with van der Waals surface area (Å²) in [5.74, 6) is 0.278. The maximum absolute atomic E-state index is 15.1. The molecule has 1 aromatic carbocycles. The van der Waals surface area contributed by atoms with E-state index in [4.69, 9.17) is 36.3 Å². The highest BCUT2D eigenvalue weighted by Gasteiger charge is 2.50. The van der Waals surface area contributed by atoms with Gasteiger partial charge in [0, 0.05) is 28.3 Å². The Morgan fingerprint density at radius 2 is 1.92 bits per heavy atom. The predicted octanol–water partition coefficient (Wildman–Crippen LogP) is 5.98. The van der Waals surface area contributed by atoms with Gasteiger partial charge in [-0.05, 0) is 70.6 Å². The van der Waals surface area contributed by atoms with E-state index in [1.54, 1.807) is 12.1 Å². The van der Waals surface area contributed by atoms with Crippen molar-refractivity contribution in [2.45, 2.75) is 76.0 Å². The van der Waals surface area contributed by atoms with E-state index in [-0.39, 0.29) is 17.6 Å². The summed E-state index contributed by atoms with van der Waals surface area (Å²) in [5, 5.41) is 4.96. The summed E-state index contributed by atoms with van der Waals surface area (Å²) in [7, 11) is 0. The van der Waals surface area contributed by atoms with Gasteiger partial charge in [-0.3, -0.25) is 4.68 Å². The largest absolute Gasteiger partial charge is 0.367 e. The smallest absolute Gasteiger partial charge is 0.182 e. The van der Waals surface area contributed by atoms with Crippen LogP contribution in [0, 0.1) is 19.7 Å². The van der Waals surface area contributed by atoms with Crippen molar-refractivity contribution in [1.82, 2.24) is 29.7 Å². The number of aromatic nitrogens is 6. The molecule has 184 valence electrons. The van der Waals surface area contributed by atoms with Crippen LogP contribution in [0.25, 0.3) is 22.4 Å². The molecule has 0 N–H and O–H groups in total. The van der Waals surface area contributed by atoms with Crippen molar-refractivity contribution in [3.05, 3.63) is 64.2 Å². The minimum absolute atomic E-state index is 0.0532. The summed E-state index contributed by atoms with van der Waals surface area (Å²) in [6, 6.07) is 5.16. The van der Waals surface area contributed by atoms with Crippen LogP contribution in [0.1, 0.15) is 73.3 Å². The van der Waals surface area contributed by atoms with Gasteiger partial charge in [0.15, 0.2) is 5.65 Å². The van der Waals surface area contributed by atoms with Crippen molar-refractivity contribution in [3.63, 3.8) is 0 Å². The van der Waals surface area contributed by atoms with E-state index in [0.29, 0.717) is 39.3 Å². The van der Waals surface area contributed by atoms with Crippen LogP contribution in [-0.4, -0.2) is 35.8 Å². The van der Waals surface area contributed by atoms with Gasteiger partial charge in [-0.1, -0.05) is 11.6 Å². The lowest BCUT2D eigenvalue weighted by molar-refractivity contribution is -0.0903. The zero-order valence-corrected chi connectivity index (χ0v) is 21.0. The van der Waals surface area contributed by atoms with Crippen LogP contribution in [-0.2, 0) is 10.3 Å². The van der Waals surface area contributed by atoms with Gasteiger partial charge >= 0.3 is 0 Å². The molecule has 7 rings (SSSR count). The Morgan fingerprint density at radius 1 is 1.08 bits per heavy atom.